The molecule has 3 N–H and O–H groups in total. The molecule has 0 aliphatic heterocycles. The van der Waals surface area contributed by atoms with E-state index in [9.17, 15) is 4.79 Å². The Hall–Kier alpha value is -3.00. The molecule has 0 radical (unpaired) electrons. The van der Waals surface area contributed by atoms with Crippen LogP contribution in [0.1, 0.15) is 24.4 Å². The molecular weight excluding hydrogens is 386 g/mol. The largest absolute Gasteiger partial charge is 0.497 e. The average molecular weight is 410 g/mol. The first-order valence-electron chi connectivity index (χ1n) is 9.47. The van der Waals surface area contributed by atoms with Gasteiger partial charge in [-0.25, -0.2) is 4.68 Å². The number of nitrogens with one attached hydrogen (secondary N) is 1. The van der Waals surface area contributed by atoms with Crippen molar-refractivity contribution in [2.45, 2.75) is 24.0 Å². The van der Waals surface area contributed by atoms with Crippen molar-refractivity contribution in [1.82, 2.24) is 20.2 Å². The van der Waals surface area contributed by atoms with E-state index in [1.54, 1.807) is 7.11 Å². The number of hydrogen-bond donors (Lipinski definition) is 2. The molecule has 7 nitrogen and oxygen atoms in total. The van der Waals surface area contributed by atoms with Crippen molar-refractivity contribution in [2.24, 2.45) is 5.92 Å². The number of ether oxygens (including phenoxy) is 1. The lowest BCUT2D eigenvalue weighted by Gasteiger charge is -2.19. The van der Waals surface area contributed by atoms with Crippen LogP contribution >= 0.6 is 11.8 Å². The summed E-state index contributed by atoms with van der Waals surface area (Å²) in [5.74, 6) is 8.17. The maximum Gasteiger partial charge on any atom is 0.230 e. The zero-order valence-corrected chi connectivity index (χ0v) is 16.9. The molecular formula is C21H23N5O2S. The molecule has 4 rings (SSSR count). The first-order valence-corrected chi connectivity index (χ1v) is 10.5. The molecule has 8 heteroatoms. The van der Waals surface area contributed by atoms with Crippen LogP contribution < -0.4 is 15.9 Å². The first-order chi connectivity index (χ1) is 14.2. The Morgan fingerprint density at radius 2 is 1.93 bits per heavy atom. The molecule has 150 valence electrons. The summed E-state index contributed by atoms with van der Waals surface area (Å²) in [6, 6.07) is 17.5. The van der Waals surface area contributed by atoms with Crippen molar-refractivity contribution in [3.8, 4) is 17.1 Å². The fourth-order valence-electron chi connectivity index (χ4n) is 3.22. The van der Waals surface area contributed by atoms with Crippen molar-refractivity contribution in [2.75, 3.05) is 18.7 Å². The molecule has 1 aliphatic carbocycles. The standard InChI is InChI=1S/C21H23N5O2S/c1-28-17-11-9-15(10-12-17)19(14-7-8-14)23-18(27)13-29-21-25-24-20(26(21)22)16-5-3-2-4-6-16/h2-6,9-12,14,19H,7-8,13,22H2,1H3,(H,23,27). The lowest BCUT2D eigenvalue weighted by molar-refractivity contribution is -0.119. The number of nitrogens with two attached hydrogens (primary N) is 1. The van der Waals surface area contributed by atoms with Gasteiger partial charge in [-0.05, 0) is 36.5 Å². The normalized spacial score (nSPS) is 14.4. The van der Waals surface area contributed by atoms with Gasteiger partial charge in [0.25, 0.3) is 0 Å². The summed E-state index contributed by atoms with van der Waals surface area (Å²) < 4.78 is 6.65. The van der Waals surface area contributed by atoms with Crippen LogP contribution in [0, 0.1) is 5.92 Å². The Labute approximate surface area is 173 Å². The zero-order chi connectivity index (χ0) is 20.2. The summed E-state index contributed by atoms with van der Waals surface area (Å²) in [6.07, 6.45) is 2.25. The maximum atomic E-state index is 12.6. The van der Waals surface area contributed by atoms with Gasteiger partial charge in [0.2, 0.25) is 11.1 Å². The Morgan fingerprint density at radius 1 is 1.21 bits per heavy atom. The Balaban J connectivity index is 1.38. The molecule has 0 spiro atoms. The van der Waals surface area contributed by atoms with E-state index in [2.05, 4.69) is 15.5 Å². The number of rotatable bonds is 8. The molecule has 1 saturated carbocycles. The average Bonchev–Trinajstić information content (AvgIpc) is 3.54. The molecule has 29 heavy (non-hydrogen) atoms. The van der Waals surface area contributed by atoms with Crippen molar-refractivity contribution < 1.29 is 9.53 Å². The van der Waals surface area contributed by atoms with Crippen LogP contribution in [-0.4, -0.2) is 33.6 Å². The third-order valence-corrected chi connectivity index (χ3v) is 5.86. The van der Waals surface area contributed by atoms with E-state index < -0.39 is 0 Å². The Morgan fingerprint density at radius 3 is 2.59 bits per heavy atom. The monoisotopic (exact) mass is 409 g/mol. The molecule has 2 aromatic carbocycles. The molecule has 3 aromatic rings. The SMILES string of the molecule is COc1ccc(C(NC(=O)CSc2nnc(-c3ccccc3)n2N)C2CC2)cc1. The molecule has 1 amide bonds. The van der Waals surface area contributed by atoms with Gasteiger partial charge in [0.15, 0.2) is 5.82 Å². The van der Waals surface area contributed by atoms with Crippen LogP contribution in [-0.2, 0) is 4.79 Å². The number of carbonyl (C=O) groups is 1. The van der Waals surface area contributed by atoms with Crippen molar-refractivity contribution in [3.05, 3.63) is 60.2 Å². The second kappa shape index (κ2) is 8.57. The van der Waals surface area contributed by atoms with Gasteiger partial charge in [0, 0.05) is 5.56 Å². The molecule has 1 unspecified atom stereocenters. The number of nitrogen functional groups attached to an aromatic ring is 1. The maximum absolute atomic E-state index is 12.6. The van der Waals surface area contributed by atoms with Crippen LogP contribution in [0.5, 0.6) is 5.75 Å². The van der Waals surface area contributed by atoms with E-state index in [-0.39, 0.29) is 17.7 Å². The summed E-state index contributed by atoms with van der Waals surface area (Å²) in [6.45, 7) is 0. The van der Waals surface area contributed by atoms with E-state index in [4.69, 9.17) is 10.6 Å². The number of methoxy groups -OCH3 is 1. The third-order valence-electron chi connectivity index (χ3n) is 4.91. The lowest BCUT2D eigenvalue weighted by Crippen LogP contribution is -2.31. The highest BCUT2D eigenvalue weighted by molar-refractivity contribution is 7.99. The first kappa shape index (κ1) is 19.3. The minimum atomic E-state index is -0.0491. The second-order valence-corrected chi connectivity index (χ2v) is 7.93. The summed E-state index contributed by atoms with van der Waals surface area (Å²) in [5.41, 5.74) is 1.98. The molecule has 0 bridgehead atoms. The molecule has 1 fully saturated rings. The third kappa shape index (κ3) is 4.54. The fraction of sp³-hybridized carbons (Fsp3) is 0.286. The lowest BCUT2D eigenvalue weighted by atomic mass is 10.0. The number of benzene rings is 2. The second-order valence-electron chi connectivity index (χ2n) is 6.99. The zero-order valence-electron chi connectivity index (χ0n) is 16.1. The highest BCUT2D eigenvalue weighted by Crippen LogP contribution is 2.41. The van der Waals surface area contributed by atoms with Crippen molar-refractivity contribution in [1.29, 1.82) is 0 Å². The van der Waals surface area contributed by atoms with Gasteiger partial charge in [-0.1, -0.05) is 54.2 Å². The van der Waals surface area contributed by atoms with Crippen LogP contribution in [0.4, 0.5) is 0 Å². The molecule has 1 aliphatic rings. The summed E-state index contributed by atoms with van der Waals surface area (Å²) in [7, 11) is 1.64. The molecule has 1 heterocycles. The number of aromatic nitrogens is 3. The summed E-state index contributed by atoms with van der Waals surface area (Å²) >= 11 is 1.28. The van der Waals surface area contributed by atoms with Gasteiger partial charge < -0.3 is 15.9 Å². The minimum Gasteiger partial charge on any atom is -0.497 e. The number of hydrogen-bond acceptors (Lipinski definition) is 6. The van der Waals surface area contributed by atoms with Crippen LogP contribution in [0.25, 0.3) is 11.4 Å². The van der Waals surface area contributed by atoms with E-state index in [0.29, 0.717) is 16.9 Å². The fourth-order valence-corrected chi connectivity index (χ4v) is 3.89. The smallest absolute Gasteiger partial charge is 0.230 e. The molecule has 1 atom stereocenters. The van der Waals surface area contributed by atoms with Crippen molar-refractivity contribution in [3.63, 3.8) is 0 Å². The van der Waals surface area contributed by atoms with Gasteiger partial charge in [0.05, 0.1) is 18.9 Å². The highest BCUT2D eigenvalue weighted by Gasteiger charge is 2.33. The summed E-state index contributed by atoms with van der Waals surface area (Å²) in [4.78, 5) is 12.6. The predicted octanol–water partition coefficient (Wildman–Crippen LogP) is 3.03. The molecule has 1 aromatic heterocycles. The molecule has 0 saturated heterocycles. The Kier molecular flexibility index (Phi) is 5.71. The Bertz CT molecular complexity index is 970. The van der Waals surface area contributed by atoms with Gasteiger partial charge >= 0.3 is 0 Å². The van der Waals surface area contributed by atoms with E-state index in [1.807, 2.05) is 54.6 Å². The number of carbonyl (C=O) groups excluding carboxylic acids is 1. The van der Waals surface area contributed by atoms with Crippen LogP contribution in [0.2, 0.25) is 0 Å². The number of nitrogens with zero attached hydrogens (tertiary/aromatic N) is 3. The van der Waals surface area contributed by atoms with Crippen LogP contribution in [0.3, 0.4) is 0 Å². The highest BCUT2D eigenvalue weighted by atomic mass is 32.2. The van der Waals surface area contributed by atoms with E-state index in [1.165, 1.54) is 16.4 Å². The van der Waals surface area contributed by atoms with Gasteiger partial charge in [-0.2, -0.15) is 0 Å². The topological polar surface area (TPSA) is 95.1 Å². The number of thioether (sulfide) groups is 1. The van der Waals surface area contributed by atoms with Crippen molar-refractivity contribution >= 4 is 17.7 Å². The van der Waals surface area contributed by atoms with E-state index >= 15 is 0 Å². The van der Waals surface area contributed by atoms with Gasteiger partial charge in [0.1, 0.15) is 5.75 Å². The van der Waals surface area contributed by atoms with Crippen LogP contribution in [0.15, 0.2) is 59.8 Å². The quantitative estimate of drug-likeness (QED) is 0.439. The number of amides is 1. The summed E-state index contributed by atoms with van der Waals surface area (Å²) in [5, 5.41) is 11.9. The van der Waals surface area contributed by atoms with E-state index in [0.717, 1.165) is 29.7 Å². The minimum absolute atomic E-state index is 0.0182. The van der Waals surface area contributed by atoms with Gasteiger partial charge in [-0.3, -0.25) is 4.79 Å². The predicted molar refractivity (Wildman–Crippen MR) is 113 cm³/mol. The van der Waals surface area contributed by atoms with Gasteiger partial charge in [-0.15, -0.1) is 10.2 Å².